The molecule has 3 heteroatoms. The van der Waals surface area contributed by atoms with Crippen LogP contribution in [0.5, 0.6) is 0 Å². The summed E-state index contributed by atoms with van der Waals surface area (Å²) < 4.78 is 0. The summed E-state index contributed by atoms with van der Waals surface area (Å²) >= 11 is 6.06. The smallest absolute Gasteiger partial charge is 0.0621 e. The van der Waals surface area contributed by atoms with E-state index in [2.05, 4.69) is 17.1 Å². The van der Waals surface area contributed by atoms with E-state index < -0.39 is 0 Å². The van der Waals surface area contributed by atoms with Gasteiger partial charge in [-0.25, -0.2) is 0 Å². The molecule has 0 saturated carbocycles. The van der Waals surface area contributed by atoms with E-state index in [1.807, 2.05) is 24.3 Å². The molecule has 1 heterocycles. The van der Waals surface area contributed by atoms with E-state index in [0.717, 1.165) is 29.8 Å². The number of aryl methyl sites for hydroxylation is 1. The third kappa shape index (κ3) is 3.56. The molecule has 2 N–H and O–H groups in total. The molecule has 1 aromatic carbocycles. The number of hydrogen-bond donors (Lipinski definition) is 1. The minimum atomic E-state index is 0.104. The molecular weight excluding hydrogens is 244 g/mol. The zero-order valence-electron chi connectivity index (χ0n) is 10.2. The summed E-state index contributed by atoms with van der Waals surface area (Å²) in [6, 6.07) is 12.3. The molecule has 2 nitrogen and oxygen atoms in total. The van der Waals surface area contributed by atoms with Gasteiger partial charge in [-0.15, -0.1) is 0 Å². The highest BCUT2D eigenvalue weighted by Gasteiger charge is 2.06. The van der Waals surface area contributed by atoms with E-state index >= 15 is 0 Å². The highest BCUT2D eigenvalue weighted by atomic mass is 35.5. The van der Waals surface area contributed by atoms with Gasteiger partial charge in [-0.05, 0) is 36.5 Å². The fraction of sp³-hybridized carbons (Fsp3) is 0.267. The normalized spacial score (nSPS) is 12.3. The molecular formula is C15H17ClN2. The Bertz CT molecular complexity index is 485. The van der Waals surface area contributed by atoms with E-state index in [1.165, 1.54) is 5.56 Å². The van der Waals surface area contributed by atoms with Gasteiger partial charge in [0, 0.05) is 18.4 Å². The molecule has 0 aliphatic carbocycles. The largest absolute Gasteiger partial charge is 0.324 e. The highest BCUT2D eigenvalue weighted by Crippen LogP contribution is 2.20. The van der Waals surface area contributed by atoms with Crippen LogP contribution in [0, 0.1) is 0 Å². The van der Waals surface area contributed by atoms with Crippen molar-refractivity contribution in [2.45, 2.75) is 25.3 Å². The molecule has 2 aromatic rings. The third-order valence-electron chi connectivity index (χ3n) is 3.05. The van der Waals surface area contributed by atoms with Crippen LogP contribution in [0.1, 0.15) is 30.0 Å². The summed E-state index contributed by atoms with van der Waals surface area (Å²) in [5.74, 6) is 0. The maximum Gasteiger partial charge on any atom is 0.0621 e. The molecule has 0 saturated heterocycles. The van der Waals surface area contributed by atoms with Gasteiger partial charge in [-0.3, -0.25) is 4.98 Å². The summed E-state index contributed by atoms with van der Waals surface area (Å²) in [4.78, 5) is 3.98. The van der Waals surface area contributed by atoms with Crippen LogP contribution < -0.4 is 5.73 Å². The number of halogens is 1. The van der Waals surface area contributed by atoms with Crippen molar-refractivity contribution in [1.82, 2.24) is 4.98 Å². The number of benzene rings is 1. The van der Waals surface area contributed by atoms with Crippen molar-refractivity contribution in [3.8, 4) is 0 Å². The van der Waals surface area contributed by atoms with Crippen LogP contribution in [-0.2, 0) is 6.42 Å². The Morgan fingerprint density at radius 3 is 2.67 bits per heavy atom. The lowest BCUT2D eigenvalue weighted by Crippen LogP contribution is -2.10. The number of pyridine rings is 1. The Hall–Kier alpha value is -1.38. The van der Waals surface area contributed by atoms with Crippen LogP contribution in [0.2, 0.25) is 5.02 Å². The maximum atomic E-state index is 6.15. The first-order valence-electron chi connectivity index (χ1n) is 6.16. The maximum absolute atomic E-state index is 6.15. The average molecular weight is 261 g/mol. The monoisotopic (exact) mass is 260 g/mol. The second-order valence-corrected chi connectivity index (χ2v) is 4.78. The van der Waals surface area contributed by atoms with Crippen molar-refractivity contribution in [3.63, 3.8) is 0 Å². The van der Waals surface area contributed by atoms with E-state index in [4.69, 9.17) is 17.3 Å². The lowest BCUT2D eigenvalue weighted by Gasteiger charge is -2.11. The highest BCUT2D eigenvalue weighted by molar-refractivity contribution is 6.31. The van der Waals surface area contributed by atoms with Crippen molar-refractivity contribution >= 4 is 11.6 Å². The van der Waals surface area contributed by atoms with Gasteiger partial charge < -0.3 is 5.73 Å². The second kappa shape index (κ2) is 6.53. The van der Waals surface area contributed by atoms with Crippen molar-refractivity contribution in [2.24, 2.45) is 5.73 Å². The Morgan fingerprint density at radius 1 is 1.17 bits per heavy atom. The molecule has 0 bridgehead atoms. The fourth-order valence-electron chi connectivity index (χ4n) is 1.99. The summed E-state index contributed by atoms with van der Waals surface area (Å²) in [7, 11) is 0. The van der Waals surface area contributed by atoms with Crippen LogP contribution in [-0.4, -0.2) is 4.98 Å². The molecule has 0 aliphatic rings. The van der Waals surface area contributed by atoms with E-state index in [0.29, 0.717) is 0 Å². The average Bonchev–Trinajstić information content (AvgIpc) is 2.42. The van der Waals surface area contributed by atoms with Crippen LogP contribution >= 0.6 is 11.6 Å². The number of aromatic nitrogens is 1. The van der Waals surface area contributed by atoms with E-state index in [-0.39, 0.29) is 6.04 Å². The Kier molecular flexibility index (Phi) is 4.73. The predicted molar refractivity (Wildman–Crippen MR) is 75.6 cm³/mol. The van der Waals surface area contributed by atoms with E-state index in [1.54, 1.807) is 12.4 Å². The van der Waals surface area contributed by atoms with Gasteiger partial charge in [-0.2, -0.15) is 0 Å². The third-order valence-corrected chi connectivity index (χ3v) is 3.39. The molecule has 1 aromatic heterocycles. The Labute approximate surface area is 113 Å². The van der Waals surface area contributed by atoms with Gasteiger partial charge in [0.1, 0.15) is 0 Å². The molecule has 1 atom stereocenters. The van der Waals surface area contributed by atoms with Crippen molar-refractivity contribution in [3.05, 3.63) is 64.9 Å². The summed E-state index contributed by atoms with van der Waals surface area (Å²) in [6.45, 7) is 0. The minimum absolute atomic E-state index is 0.104. The Morgan fingerprint density at radius 2 is 1.94 bits per heavy atom. The topological polar surface area (TPSA) is 38.9 Å². The number of hydrogen-bond acceptors (Lipinski definition) is 2. The summed E-state index contributed by atoms with van der Waals surface area (Å²) in [6.07, 6.45) is 6.40. The molecule has 94 valence electrons. The number of nitrogens with zero attached hydrogens (tertiary/aromatic N) is 1. The zero-order chi connectivity index (χ0) is 12.8. The van der Waals surface area contributed by atoms with Gasteiger partial charge in [0.05, 0.1) is 5.02 Å². The zero-order valence-corrected chi connectivity index (χ0v) is 11.0. The number of rotatable bonds is 5. The molecule has 1 unspecified atom stereocenters. The van der Waals surface area contributed by atoms with Crippen LogP contribution in [0.4, 0.5) is 0 Å². The van der Waals surface area contributed by atoms with Gasteiger partial charge in [0.25, 0.3) is 0 Å². The van der Waals surface area contributed by atoms with Crippen molar-refractivity contribution in [1.29, 1.82) is 0 Å². The first-order valence-corrected chi connectivity index (χ1v) is 6.54. The van der Waals surface area contributed by atoms with Gasteiger partial charge in [0.15, 0.2) is 0 Å². The summed E-state index contributed by atoms with van der Waals surface area (Å²) in [5, 5.41) is 0.741. The first-order chi connectivity index (χ1) is 8.77. The predicted octanol–water partition coefficient (Wildman–Crippen LogP) is 3.76. The molecule has 0 radical (unpaired) electrons. The van der Waals surface area contributed by atoms with E-state index in [9.17, 15) is 0 Å². The van der Waals surface area contributed by atoms with Crippen LogP contribution in [0.15, 0.2) is 48.8 Å². The van der Waals surface area contributed by atoms with Crippen LogP contribution in [0.3, 0.4) is 0 Å². The standard InChI is InChI=1S/C15H17ClN2/c16-14-11-18-10-9-12(14)7-4-8-15(17)13-5-2-1-3-6-13/h1-3,5-6,9-11,15H,4,7-8,17H2. The molecule has 0 spiro atoms. The van der Waals surface area contributed by atoms with Gasteiger partial charge >= 0.3 is 0 Å². The molecule has 0 aliphatic heterocycles. The molecule has 0 amide bonds. The molecule has 2 rings (SSSR count). The quantitative estimate of drug-likeness (QED) is 0.889. The first kappa shape index (κ1) is 13.1. The molecule has 0 fully saturated rings. The van der Waals surface area contributed by atoms with Gasteiger partial charge in [0.2, 0.25) is 0 Å². The van der Waals surface area contributed by atoms with Crippen molar-refractivity contribution < 1.29 is 0 Å². The lowest BCUT2D eigenvalue weighted by molar-refractivity contribution is 0.611. The number of nitrogens with two attached hydrogens (primary N) is 1. The van der Waals surface area contributed by atoms with Crippen molar-refractivity contribution in [2.75, 3.05) is 0 Å². The SMILES string of the molecule is NC(CCCc1ccncc1Cl)c1ccccc1. The second-order valence-electron chi connectivity index (χ2n) is 4.38. The minimum Gasteiger partial charge on any atom is -0.324 e. The molecule has 18 heavy (non-hydrogen) atoms. The van der Waals surface area contributed by atoms with Gasteiger partial charge in [-0.1, -0.05) is 41.9 Å². The van der Waals surface area contributed by atoms with Crippen LogP contribution in [0.25, 0.3) is 0 Å². The Balaban J connectivity index is 1.84. The lowest BCUT2D eigenvalue weighted by atomic mass is 10.0. The fourth-order valence-corrected chi connectivity index (χ4v) is 2.20. The summed E-state index contributed by atoms with van der Waals surface area (Å²) in [5.41, 5.74) is 8.49.